The van der Waals surface area contributed by atoms with Gasteiger partial charge in [0.1, 0.15) is 42.3 Å². The molecule has 76 heavy (non-hydrogen) atoms. The fourth-order valence-electron chi connectivity index (χ4n) is 8.98. The van der Waals surface area contributed by atoms with Gasteiger partial charge in [0, 0.05) is 80.9 Å². The van der Waals surface area contributed by atoms with E-state index in [1.165, 1.54) is 6.92 Å². The van der Waals surface area contributed by atoms with Gasteiger partial charge in [-0.25, -0.2) is 0 Å². The Morgan fingerprint density at radius 1 is 0.829 bits per heavy atom. The van der Waals surface area contributed by atoms with Crippen molar-refractivity contribution < 1.29 is 48.3 Å². The molecule has 0 spiro atoms. The molecule has 1 aromatic heterocycles. The van der Waals surface area contributed by atoms with Gasteiger partial charge in [-0.1, -0.05) is 41.9 Å². The van der Waals surface area contributed by atoms with Gasteiger partial charge >= 0.3 is 0 Å². The minimum absolute atomic E-state index is 0.0331. The number of primary amides is 1. The van der Waals surface area contributed by atoms with Crippen LogP contribution >= 0.6 is 11.6 Å². The molecule has 2 saturated heterocycles. The fraction of sp³-hybridized carbons (Fsp3) is 0.490. The number of rotatable bonds is 16. The number of nitrogens with zero attached hydrogens (tertiary/aromatic N) is 1. The highest BCUT2D eigenvalue weighted by molar-refractivity contribution is 6.30. The molecule has 27 heteroatoms. The van der Waals surface area contributed by atoms with Crippen molar-refractivity contribution in [2.75, 3.05) is 26.2 Å². The van der Waals surface area contributed by atoms with Gasteiger partial charge in [0.05, 0.1) is 6.10 Å². The number of H-pyrrole nitrogens is 1. The zero-order valence-corrected chi connectivity index (χ0v) is 42.9. The van der Waals surface area contributed by atoms with Gasteiger partial charge in [-0.05, 0) is 74.3 Å². The number of para-hydroxylation sites is 1. The normalized spacial score (nSPS) is 22.8. The molecule has 3 heterocycles. The Morgan fingerprint density at radius 3 is 2.18 bits per heavy atom. The lowest BCUT2D eigenvalue weighted by atomic mass is 10.0. The molecule has 0 aliphatic carbocycles. The summed E-state index contributed by atoms with van der Waals surface area (Å²) in [6, 6.07) is 4.00. The Bertz CT molecular complexity index is 2620. The first-order valence-electron chi connectivity index (χ1n) is 25.0. The average molecular weight is 1080 g/mol. The van der Waals surface area contributed by atoms with Gasteiger partial charge in [0.25, 0.3) is 0 Å². The largest absolute Gasteiger partial charge is 0.391 e. The van der Waals surface area contributed by atoms with Crippen molar-refractivity contribution in [3.05, 3.63) is 70.9 Å². The van der Waals surface area contributed by atoms with Crippen LogP contribution in [0.4, 0.5) is 0 Å². The predicted octanol–water partition coefficient (Wildman–Crippen LogP) is -2.80. The lowest BCUT2D eigenvalue weighted by Gasteiger charge is -2.31. The van der Waals surface area contributed by atoms with Crippen molar-refractivity contribution in [1.82, 2.24) is 57.7 Å². The second-order valence-electron chi connectivity index (χ2n) is 18.8. The highest BCUT2D eigenvalue weighted by atomic mass is 35.5. The predicted molar refractivity (Wildman–Crippen MR) is 280 cm³/mol. The summed E-state index contributed by atoms with van der Waals surface area (Å²) in [5.41, 5.74) is 18.5. The van der Waals surface area contributed by atoms with Crippen molar-refractivity contribution in [2.24, 2.45) is 17.2 Å². The number of amides is 9. The molecule has 2 aliphatic heterocycles. The molecule has 2 aliphatic rings. The number of carbonyl (C=O) groups excluding carboxylic acids is 9. The van der Waals surface area contributed by atoms with E-state index in [1.807, 2.05) is 18.2 Å². The molecular weight excluding hydrogens is 1010 g/mol. The molecule has 2 aromatic carbocycles. The monoisotopic (exact) mass is 1080 g/mol. The van der Waals surface area contributed by atoms with Gasteiger partial charge in [-0.3, -0.25) is 54.0 Å². The van der Waals surface area contributed by atoms with Crippen molar-refractivity contribution in [3.63, 3.8) is 0 Å². The van der Waals surface area contributed by atoms with Crippen molar-refractivity contribution in [3.8, 4) is 0 Å². The molecule has 9 amide bonds. The van der Waals surface area contributed by atoms with E-state index in [1.54, 1.807) is 36.5 Å². The van der Waals surface area contributed by atoms with E-state index >= 15 is 0 Å². The maximum atomic E-state index is 14.7. The molecule has 8 atom stereocenters. The lowest BCUT2D eigenvalue weighted by molar-refractivity contribution is -0.143. The highest BCUT2D eigenvalue weighted by Gasteiger charge is 2.43. The molecule has 0 bridgehead atoms. The van der Waals surface area contributed by atoms with E-state index in [0.29, 0.717) is 16.1 Å². The van der Waals surface area contributed by atoms with Gasteiger partial charge in [-0.15, -0.1) is 0 Å². The van der Waals surface area contributed by atoms with Crippen LogP contribution in [0.5, 0.6) is 0 Å². The number of halogens is 1. The molecule has 19 N–H and O–H groups in total. The van der Waals surface area contributed by atoms with Crippen molar-refractivity contribution in [2.45, 2.75) is 126 Å². The van der Waals surface area contributed by atoms with Crippen LogP contribution in [0.25, 0.3) is 10.9 Å². The smallest absolute Gasteiger partial charge is 0.245 e. The number of aromatic amines is 1. The molecule has 0 saturated carbocycles. The van der Waals surface area contributed by atoms with Crippen LogP contribution in [0.3, 0.4) is 0 Å². The van der Waals surface area contributed by atoms with Crippen LogP contribution in [0.15, 0.2) is 54.7 Å². The van der Waals surface area contributed by atoms with E-state index < -0.39 is 108 Å². The van der Waals surface area contributed by atoms with Crippen LogP contribution in [0.2, 0.25) is 5.02 Å². The minimum atomic E-state index is -1.51. The summed E-state index contributed by atoms with van der Waals surface area (Å²) in [6.45, 7) is 1.03. The summed E-state index contributed by atoms with van der Waals surface area (Å²) in [5.74, 6) is -7.81. The van der Waals surface area contributed by atoms with E-state index in [-0.39, 0.29) is 102 Å². The maximum absolute atomic E-state index is 14.7. The standard InChI is InChI=1S/C49H69ClN16O10/c1-26(67)60-34(13-6-18-57-48(52)53)42(71)63-36-15-16-40(69)56-17-5-12-33(41(51)70)61-45(74)38(22-28-24-59-32-11-3-2-10-31(28)32)64-43(72)35(14-7-19-58-49(54)55)62-44(73)37(21-27-8-4-9-29(50)20-27)65-46(75)39-23-30(68)25-66(39)47(36)76/h2-4,8-11,20,24,30,33-39,59,68H,5-7,12-19,21-23,25H2,1H3,(H2,51,70)(H,56,69)(H,60,67)(H,61,74)(H,62,73)(H,63,71)(H,64,72)(H,65,75)(H4,52,53,57)(H4,54,55,58)/t30-,33+,34+,35+,36+,37-,38?,39+/m1/s1. The molecule has 3 aromatic rings. The Hall–Kier alpha value is -8.00. The third kappa shape index (κ3) is 18.1. The Balaban J connectivity index is 1.53. The topological polar surface area (TPSA) is 427 Å². The number of nitrogens with one attached hydrogen (secondary N) is 12. The van der Waals surface area contributed by atoms with E-state index in [0.717, 1.165) is 15.8 Å². The van der Waals surface area contributed by atoms with E-state index in [2.05, 4.69) is 52.8 Å². The first-order valence-corrected chi connectivity index (χ1v) is 25.4. The van der Waals surface area contributed by atoms with Crippen LogP contribution in [0, 0.1) is 10.8 Å². The number of nitrogens with two attached hydrogens (primary N) is 3. The quantitative estimate of drug-likeness (QED) is 0.0392. The number of hydrogen-bond donors (Lipinski definition) is 16. The molecular formula is C49H69ClN16O10. The Morgan fingerprint density at radius 2 is 1.49 bits per heavy atom. The summed E-state index contributed by atoms with van der Waals surface area (Å²) >= 11 is 6.34. The van der Waals surface area contributed by atoms with Crippen LogP contribution in [-0.4, -0.2) is 155 Å². The number of benzene rings is 2. The summed E-state index contributed by atoms with van der Waals surface area (Å²) in [5, 5.41) is 51.0. The maximum Gasteiger partial charge on any atom is 0.245 e. The number of guanidine groups is 2. The summed E-state index contributed by atoms with van der Waals surface area (Å²) in [6.07, 6.45) is -0.496. The molecule has 26 nitrogen and oxygen atoms in total. The third-order valence-corrected chi connectivity index (χ3v) is 13.0. The number of hydrogen-bond acceptors (Lipinski definition) is 12. The van der Waals surface area contributed by atoms with Gasteiger partial charge in [0.2, 0.25) is 53.2 Å². The summed E-state index contributed by atoms with van der Waals surface area (Å²) in [7, 11) is 0. The second-order valence-corrected chi connectivity index (χ2v) is 19.2. The van der Waals surface area contributed by atoms with Crippen LogP contribution < -0.4 is 65.1 Å². The number of aliphatic hydroxyl groups is 1. The van der Waals surface area contributed by atoms with Crippen LogP contribution in [0.1, 0.15) is 75.8 Å². The number of carbonyl (C=O) groups is 9. The molecule has 1 unspecified atom stereocenters. The first-order chi connectivity index (χ1) is 36.2. The van der Waals surface area contributed by atoms with Gasteiger partial charge in [0.15, 0.2) is 11.9 Å². The van der Waals surface area contributed by atoms with E-state index in [4.69, 9.17) is 39.6 Å². The Labute approximate surface area is 443 Å². The summed E-state index contributed by atoms with van der Waals surface area (Å²) < 4.78 is 0. The SMILES string of the molecule is CC(=O)N[C@@H](CCCNC(=N)N)C(=O)N[C@H]1CCC(=O)NCCC[C@@H](C(N)=O)NC(=O)C(Cc2c[nH]c3ccccc23)NC(=O)[C@H](CCCNC(=N)N)NC(=O)[C@@H](Cc2cccc(Cl)c2)NC(=O)[C@@H]2C[C@@H](O)CN2C1=O. The molecule has 412 valence electrons. The highest BCUT2D eigenvalue weighted by Crippen LogP contribution is 2.23. The molecule has 0 radical (unpaired) electrons. The summed E-state index contributed by atoms with van der Waals surface area (Å²) in [4.78, 5) is 129. The number of aromatic nitrogens is 1. The zero-order valence-electron chi connectivity index (χ0n) is 42.1. The van der Waals surface area contributed by atoms with Gasteiger partial charge in [-0.2, -0.15) is 0 Å². The zero-order chi connectivity index (χ0) is 55.5. The second kappa shape index (κ2) is 28.6. The number of fused-ring (bicyclic) bond motifs is 2. The van der Waals surface area contributed by atoms with Crippen molar-refractivity contribution >= 4 is 87.6 Å². The third-order valence-electron chi connectivity index (χ3n) is 12.8. The fourth-order valence-corrected chi connectivity index (χ4v) is 9.20. The minimum Gasteiger partial charge on any atom is -0.391 e. The molecule has 5 rings (SSSR count). The van der Waals surface area contributed by atoms with Gasteiger partial charge < -0.3 is 80.0 Å². The van der Waals surface area contributed by atoms with Crippen LogP contribution in [-0.2, 0) is 56.0 Å². The Kier molecular flexibility index (Phi) is 22.2. The first kappa shape index (κ1) is 58.9. The lowest BCUT2D eigenvalue weighted by Crippen LogP contribution is -2.60. The molecule has 2 fully saturated rings. The van der Waals surface area contributed by atoms with Crippen molar-refractivity contribution in [1.29, 1.82) is 10.8 Å². The average Bonchev–Trinajstić information content (AvgIpc) is 3.97. The number of aliphatic hydroxyl groups excluding tert-OH is 1. The van der Waals surface area contributed by atoms with E-state index in [9.17, 15) is 48.3 Å².